The second-order valence-electron chi connectivity index (χ2n) is 3.66. The molecule has 0 spiro atoms. The third kappa shape index (κ3) is 3.77. The first-order valence-corrected chi connectivity index (χ1v) is 6.24. The molecule has 0 saturated heterocycles. The van der Waals surface area contributed by atoms with Gasteiger partial charge in [-0.05, 0) is 24.3 Å². The number of para-hydroxylation sites is 2. The molecule has 0 radical (unpaired) electrons. The average Bonchev–Trinajstić information content (AvgIpc) is 2.40. The minimum Gasteiger partial charge on any atom is -0.305 e. The Morgan fingerprint density at radius 3 is 1.95 bits per heavy atom. The Balaban J connectivity index is 1.92. The SMILES string of the molecule is O=C(NNc1ccccc1Cl)Nc1ccccc1Cl. The molecule has 2 rings (SSSR count). The number of urea groups is 1. The van der Waals surface area contributed by atoms with Gasteiger partial charge in [0.25, 0.3) is 0 Å². The Kier molecular flexibility index (Phi) is 4.49. The van der Waals surface area contributed by atoms with Crippen LogP contribution in [0.5, 0.6) is 0 Å². The van der Waals surface area contributed by atoms with Gasteiger partial charge in [0.15, 0.2) is 0 Å². The molecule has 0 unspecified atom stereocenters. The van der Waals surface area contributed by atoms with Gasteiger partial charge in [0.2, 0.25) is 0 Å². The Hall–Kier alpha value is -1.91. The van der Waals surface area contributed by atoms with Crippen molar-refractivity contribution in [3.05, 3.63) is 58.6 Å². The van der Waals surface area contributed by atoms with E-state index in [-0.39, 0.29) is 0 Å². The molecule has 4 nitrogen and oxygen atoms in total. The zero-order chi connectivity index (χ0) is 13.7. The maximum atomic E-state index is 11.7. The molecule has 0 aromatic heterocycles. The lowest BCUT2D eigenvalue weighted by molar-refractivity contribution is 0.254. The van der Waals surface area contributed by atoms with E-state index in [0.29, 0.717) is 21.4 Å². The molecule has 0 fully saturated rings. The van der Waals surface area contributed by atoms with Crippen LogP contribution in [-0.4, -0.2) is 6.03 Å². The molecule has 19 heavy (non-hydrogen) atoms. The van der Waals surface area contributed by atoms with Crippen molar-refractivity contribution in [2.24, 2.45) is 0 Å². The number of carbonyl (C=O) groups is 1. The number of hydrogen-bond acceptors (Lipinski definition) is 2. The average molecular weight is 296 g/mol. The fourth-order valence-electron chi connectivity index (χ4n) is 1.40. The number of carbonyl (C=O) groups excluding carboxylic acids is 1. The summed E-state index contributed by atoms with van der Waals surface area (Å²) in [4.78, 5) is 11.7. The number of hydrogen-bond donors (Lipinski definition) is 3. The van der Waals surface area contributed by atoms with Crippen molar-refractivity contribution in [2.75, 3.05) is 10.7 Å². The summed E-state index contributed by atoms with van der Waals surface area (Å²) in [5.41, 5.74) is 6.33. The molecule has 0 bridgehead atoms. The van der Waals surface area contributed by atoms with Crippen LogP contribution in [0, 0.1) is 0 Å². The van der Waals surface area contributed by atoms with Crippen molar-refractivity contribution >= 4 is 40.6 Å². The first-order valence-electron chi connectivity index (χ1n) is 5.49. The first kappa shape index (κ1) is 13.5. The summed E-state index contributed by atoms with van der Waals surface area (Å²) in [7, 11) is 0. The highest BCUT2D eigenvalue weighted by Gasteiger charge is 2.05. The highest BCUT2D eigenvalue weighted by molar-refractivity contribution is 6.34. The van der Waals surface area contributed by atoms with Crippen LogP contribution in [0.25, 0.3) is 0 Å². The predicted molar refractivity (Wildman–Crippen MR) is 78.7 cm³/mol. The van der Waals surface area contributed by atoms with Crippen LogP contribution in [0.3, 0.4) is 0 Å². The maximum Gasteiger partial charge on any atom is 0.337 e. The second kappa shape index (κ2) is 6.31. The van der Waals surface area contributed by atoms with Gasteiger partial charge in [-0.1, -0.05) is 47.5 Å². The highest BCUT2D eigenvalue weighted by atomic mass is 35.5. The van der Waals surface area contributed by atoms with Crippen LogP contribution in [0.1, 0.15) is 0 Å². The molecular weight excluding hydrogens is 285 g/mol. The topological polar surface area (TPSA) is 53.2 Å². The molecule has 0 atom stereocenters. The van der Waals surface area contributed by atoms with Crippen LogP contribution in [0.2, 0.25) is 10.0 Å². The van der Waals surface area contributed by atoms with E-state index >= 15 is 0 Å². The van der Waals surface area contributed by atoms with Crippen LogP contribution >= 0.6 is 23.2 Å². The van der Waals surface area contributed by atoms with Crippen LogP contribution in [0.4, 0.5) is 16.2 Å². The van der Waals surface area contributed by atoms with Gasteiger partial charge in [0.05, 0.1) is 21.4 Å². The summed E-state index contributed by atoms with van der Waals surface area (Å²) < 4.78 is 0. The monoisotopic (exact) mass is 295 g/mol. The summed E-state index contributed by atoms with van der Waals surface area (Å²) >= 11 is 11.9. The van der Waals surface area contributed by atoms with E-state index in [1.165, 1.54) is 0 Å². The third-order valence-electron chi connectivity index (χ3n) is 2.31. The van der Waals surface area contributed by atoms with E-state index in [2.05, 4.69) is 16.2 Å². The van der Waals surface area contributed by atoms with E-state index in [9.17, 15) is 4.79 Å². The summed E-state index contributed by atoms with van der Waals surface area (Å²) in [6.45, 7) is 0. The van der Waals surface area contributed by atoms with Gasteiger partial charge >= 0.3 is 6.03 Å². The van der Waals surface area contributed by atoms with Gasteiger partial charge in [-0.3, -0.25) is 10.9 Å². The lowest BCUT2D eigenvalue weighted by atomic mass is 10.3. The number of rotatable bonds is 3. The Bertz CT molecular complexity index is 590. The molecule has 0 saturated carbocycles. The molecule has 98 valence electrons. The van der Waals surface area contributed by atoms with E-state index in [4.69, 9.17) is 23.2 Å². The summed E-state index contributed by atoms with van der Waals surface area (Å²) in [5.74, 6) is 0. The Morgan fingerprint density at radius 1 is 0.842 bits per heavy atom. The number of anilines is 2. The minimum atomic E-state index is -0.437. The molecule has 2 aromatic rings. The largest absolute Gasteiger partial charge is 0.337 e. The van der Waals surface area contributed by atoms with E-state index in [1.807, 2.05) is 6.07 Å². The number of halogens is 2. The minimum absolute atomic E-state index is 0.437. The van der Waals surface area contributed by atoms with Gasteiger partial charge in [0, 0.05) is 0 Å². The summed E-state index contributed by atoms with van der Waals surface area (Å²) in [6, 6.07) is 13.6. The maximum absolute atomic E-state index is 11.7. The standard InChI is InChI=1S/C13H11Cl2N3O/c14-9-5-1-3-7-11(9)16-13(19)18-17-12-8-4-2-6-10(12)15/h1-8,17H,(H2,16,18,19). The summed E-state index contributed by atoms with van der Waals surface area (Å²) in [6.07, 6.45) is 0. The van der Waals surface area contributed by atoms with Gasteiger partial charge in [0.1, 0.15) is 0 Å². The second-order valence-corrected chi connectivity index (χ2v) is 4.48. The van der Waals surface area contributed by atoms with E-state index in [1.54, 1.807) is 42.5 Å². The van der Waals surface area contributed by atoms with Crippen LogP contribution in [0.15, 0.2) is 48.5 Å². The molecule has 2 aromatic carbocycles. The molecular formula is C13H11Cl2N3O. The zero-order valence-electron chi connectivity index (χ0n) is 9.78. The predicted octanol–water partition coefficient (Wildman–Crippen LogP) is 4.14. The van der Waals surface area contributed by atoms with Crippen molar-refractivity contribution < 1.29 is 4.79 Å². The number of hydrazine groups is 1. The lowest BCUT2D eigenvalue weighted by Gasteiger charge is -2.11. The summed E-state index contributed by atoms with van der Waals surface area (Å²) in [5, 5.41) is 3.59. The Labute approximate surface area is 120 Å². The zero-order valence-corrected chi connectivity index (χ0v) is 11.3. The fourth-order valence-corrected chi connectivity index (χ4v) is 1.77. The van der Waals surface area contributed by atoms with Gasteiger partial charge in [-0.2, -0.15) is 0 Å². The molecule has 2 amide bonds. The lowest BCUT2D eigenvalue weighted by Crippen LogP contribution is -2.33. The normalized spacial score (nSPS) is 9.79. The van der Waals surface area contributed by atoms with Crippen LogP contribution < -0.4 is 16.2 Å². The van der Waals surface area contributed by atoms with Crippen molar-refractivity contribution in [3.8, 4) is 0 Å². The van der Waals surface area contributed by atoms with Gasteiger partial charge in [-0.15, -0.1) is 0 Å². The van der Waals surface area contributed by atoms with E-state index in [0.717, 1.165) is 0 Å². The van der Waals surface area contributed by atoms with Crippen molar-refractivity contribution in [1.82, 2.24) is 5.43 Å². The van der Waals surface area contributed by atoms with Gasteiger partial charge < -0.3 is 5.32 Å². The number of benzene rings is 2. The smallest absolute Gasteiger partial charge is 0.305 e. The number of nitrogens with one attached hydrogen (secondary N) is 3. The molecule has 3 N–H and O–H groups in total. The van der Waals surface area contributed by atoms with Crippen molar-refractivity contribution in [3.63, 3.8) is 0 Å². The molecule has 0 aliphatic heterocycles. The highest BCUT2D eigenvalue weighted by Crippen LogP contribution is 2.21. The quantitative estimate of drug-likeness (QED) is 0.745. The van der Waals surface area contributed by atoms with E-state index < -0.39 is 6.03 Å². The molecule has 0 aliphatic carbocycles. The molecule has 0 aliphatic rings. The fraction of sp³-hybridized carbons (Fsp3) is 0. The number of amides is 2. The molecule has 6 heteroatoms. The van der Waals surface area contributed by atoms with Gasteiger partial charge in [-0.25, -0.2) is 4.79 Å². The van der Waals surface area contributed by atoms with Crippen molar-refractivity contribution in [1.29, 1.82) is 0 Å². The Morgan fingerprint density at radius 2 is 1.37 bits per heavy atom. The third-order valence-corrected chi connectivity index (χ3v) is 2.97. The van der Waals surface area contributed by atoms with Crippen molar-refractivity contribution in [2.45, 2.75) is 0 Å². The first-order chi connectivity index (χ1) is 9.16. The molecule has 0 heterocycles. The van der Waals surface area contributed by atoms with Crippen LogP contribution in [-0.2, 0) is 0 Å².